The van der Waals surface area contributed by atoms with Crippen LogP contribution in [0, 0.1) is 13.8 Å². The summed E-state index contributed by atoms with van der Waals surface area (Å²) < 4.78 is 5.62. The Labute approximate surface area is 125 Å². The van der Waals surface area contributed by atoms with E-state index < -0.39 is 5.97 Å². The highest BCUT2D eigenvalue weighted by atomic mass is 32.2. The van der Waals surface area contributed by atoms with E-state index in [0.29, 0.717) is 16.3 Å². The molecule has 2 aromatic carbocycles. The normalized spacial score (nSPS) is 11.0. The number of aromatic carboxylic acids is 1. The highest BCUT2D eigenvalue weighted by molar-refractivity contribution is 7.99. The highest BCUT2D eigenvalue weighted by Gasteiger charge is 2.11. The molecule has 0 atom stereocenters. The molecule has 0 aliphatic carbocycles. The van der Waals surface area contributed by atoms with Gasteiger partial charge in [-0.05, 0) is 67.1 Å². The first-order chi connectivity index (χ1) is 10.0. The molecular weight excluding hydrogens is 286 g/mol. The van der Waals surface area contributed by atoms with Crippen molar-refractivity contribution in [2.75, 3.05) is 0 Å². The number of carboxylic acids is 1. The molecular formula is C16H13NO3S. The lowest BCUT2D eigenvalue weighted by Crippen LogP contribution is -1.94. The van der Waals surface area contributed by atoms with E-state index in [1.807, 2.05) is 6.07 Å². The zero-order valence-electron chi connectivity index (χ0n) is 11.6. The smallest absolute Gasteiger partial charge is 0.335 e. The average Bonchev–Trinajstić information content (AvgIpc) is 2.84. The molecule has 0 bridgehead atoms. The van der Waals surface area contributed by atoms with Crippen molar-refractivity contribution in [3.05, 3.63) is 53.1 Å². The van der Waals surface area contributed by atoms with Crippen LogP contribution in [0.1, 0.15) is 21.5 Å². The molecule has 0 radical (unpaired) electrons. The van der Waals surface area contributed by atoms with Crippen LogP contribution in [-0.4, -0.2) is 16.1 Å². The van der Waals surface area contributed by atoms with Gasteiger partial charge in [-0.15, -0.1) is 0 Å². The number of fused-ring (bicyclic) bond motifs is 1. The predicted molar refractivity (Wildman–Crippen MR) is 81.0 cm³/mol. The summed E-state index contributed by atoms with van der Waals surface area (Å²) in [6.45, 7) is 4.13. The molecule has 0 saturated heterocycles. The van der Waals surface area contributed by atoms with Crippen molar-refractivity contribution >= 4 is 28.8 Å². The van der Waals surface area contributed by atoms with E-state index in [1.165, 1.54) is 35.0 Å². The molecule has 3 rings (SSSR count). The van der Waals surface area contributed by atoms with Gasteiger partial charge in [-0.3, -0.25) is 0 Å². The van der Waals surface area contributed by atoms with Crippen LogP contribution >= 0.6 is 11.8 Å². The first-order valence-corrected chi connectivity index (χ1v) is 7.23. The molecule has 4 nitrogen and oxygen atoms in total. The first-order valence-electron chi connectivity index (χ1n) is 6.42. The van der Waals surface area contributed by atoms with Crippen molar-refractivity contribution in [3.63, 3.8) is 0 Å². The van der Waals surface area contributed by atoms with E-state index in [1.54, 1.807) is 6.07 Å². The minimum absolute atomic E-state index is 0.196. The summed E-state index contributed by atoms with van der Waals surface area (Å²) in [6, 6.07) is 10.8. The molecule has 0 spiro atoms. The Morgan fingerprint density at radius 2 is 1.95 bits per heavy atom. The van der Waals surface area contributed by atoms with Gasteiger partial charge in [-0.1, -0.05) is 6.07 Å². The molecule has 1 aromatic heterocycles. The zero-order chi connectivity index (χ0) is 15.0. The maximum absolute atomic E-state index is 10.9. The van der Waals surface area contributed by atoms with Crippen molar-refractivity contribution in [2.45, 2.75) is 24.0 Å². The SMILES string of the molecule is Cc1ccc(Sc2nc3ccc(C(=O)O)cc3o2)cc1C. The zero-order valence-corrected chi connectivity index (χ0v) is 12.4. The van der Waals surface area contributed by atoms with Gasteiger partial charge in [0.1, 0.15) is 5.52 Å². The van der Waals surface area contributed by atoms with Gasteiger partial charge in [0.15, 0.2) is 5.58 Å². The maximum Gasteiger partial charge on any atom is 0.335 e. The highest BCUT2D eigenvalue weighted by Crippen LogP contribution is 2.31. The van der Waals surface area contributed by atoms with E-state index in [0.717, 1.165) is 4.90 Å². The predicted octanol–water partition coefficient (Wildman–Crippen LogP) is 4.29. The number of carboxylic acid groups (broad SMARTS) is 1. The minimum Gasteiger partial charge on any atom is -0.478 e. The second kappa shape index (κ2) is 5.26. The number of aryl methyl sites for hydroxylation is 2. The van der Waals surface area contributed by atoms with Gasteiger partial charge < -0.3 is 9.52 Å². The molecule has 1 heterocycles. The Hall–Kier alpha value is -2.27. The van der Waals surface area contributed by atoms with Gasteiger partial charge in [0.25, 0.3) is 5.22 Å². The van der Waals surface area contributed by atoms with Gasteiger partial charge in [0.2, 0.25) is 0 Å². The summed E-state index contributed by atoms with van der Waals surface area (Å²) in [7, 11) is 0. The first kappa shape index (κ1) is 13.7. The van der Waals surface area contributed by atoms with Gasteiger partial charge in [0, 0.05) is 4.90 Å². The maximum atomic E-state index is 10.9. The molecule has 5 heteroatoms. The lowest BCUT2D eigenvalue weighted by atomic mass is 10.1. The number of rotatable bonds is 3. The van der Waals surface area contributed by atoms with E-state index in [-0.39, 0.29) is 5.56 Å². The number of oxazole rings is 1. The van der Waals surface area contributed by atoms with Gasteiger partial charge in [0.05, 0.1) is 5.56 Å². The van der Waals surface area contributed by atoms with Gasteiger partial charge in [-0.2, -0.15) is 0 Å². The fraction of sp³-hybridized carbons (Fsp3) is 0.125. The molecule has 0 aliphatic rings. The number of aromatic nitrogens is 1. The van der Waals surface area contributed by atoms with Crippen LogP contribution in [0.4, 0.5) is 0 Å². The van der Waals surface area contributed by atoms with Crippen LogP contribution in [0.3, 0.4) is 0 Å². The Balaban J connectivity index is 1.93. The summed E-state index contributed by atoms with van der Waals surface area (Å²) in [5, 5.41) is 9.49. The summed E-state index contributed by atoms with van der Waals surface area (Å²) >= 11 is 1.43. The second-order valence-electron chi connectivity index (χ2n) is 4.82. The second-order valence-corrected chi connectivity index (χ2v) is 5.84. The van der Waals surface area contributed by atoms with Gasteiger partial charge in [-0.25, -0.2) is 9.78 Å². The third kappa shape index (κ3) is 2.78. The van der Waals surface area contributed by atoms with E-state index in [2.05, 4.69) is 31.0 Å². The van der Waals surface area contributed by atoms with Crippen LogP contribution in [-0.2, 0) is 0 Å². The Bertz CT molecular complexity index is 839. The fourth-order valence-corrected chi connectivity index (χ4v) is 2.81. The molecule has 0 fully saturated rings. The molecule has 21 heavy (non-hydrogen) atoms. The van der Waals surface area contributed by atoms with Crippen LogP contribution < -0.4 is 0 Å². The van der Waals surface area contributed by atoms with Crippen molar-refractivity contribution in [1.82, 2.24) is 4.98 Å². The van der Waals surface area contributed by atoms with Crippen molar-refractivity contribution in [2.24, 2.45) is 0 Å². The Morgan fingerprint density at radius 1 is 1.14 bits per heavy atom. The Morgan fingerprint density at radius 3 is 2.67 bits per heavy atom. The van der Waals surface area contributed by atoms with Crippen molar-refractivity contribution in [3.8, 4) is 0 Å². The number of hydrogen-bond acceptors (Lipinski definition) is 4. The van der Waals surface area contributed by atoms with Crippen LogP contribution in [0.15, 0.2) is 50.9 Å². The van der Waals surface area contributed by atoms with Gasteiger partial charge >= 0.3 is 5.97 Å². The molecule has 3 aromatic rings. The quantitative estimate of drug-likeness (QED) is 0.781. The van der Waals surface area contributed by atoms with Crippen LogP contribution in [0.5, 0.6) is 0 Å². The average molecular weight is 299 g/mol. The summed E-state index contributed by atoms with van der Waals surface area (Å²) in [5.41, 5.74) is 3.79. The molecule has 0 aliphatic heterocycles. The minimum atomic E-state index is -0.975. The van der Waals surface area contributed by atoms with Crippen LogP contribution in [0.2, 0.25) is 0 Å². The number of nitrogens with zero attached hydrogens (tertiary/aromatic N) is 1. The topological polar surface area (TPSA) is 63.3 Å². The largest absolute Gasteiger partial charge is 0.478 e. The van der Waals surface area contributed by atoms with Crippen molar-refractivity contribution < 1.29 is 14.3 Å². The Kier molecular flexibility index (Phi) is 3.43. The molecule has 0 saturated carbocycles. The van der Waals surface area contributed by atoms with E-state index in [4.69, 9.17) is 9.52 Å². The number of carbonyl (C=O) groups is 1. The van der Waals surface area contributed by atoms with E-state index in [9.17, 15) is 4.79 Å². The monoisotopic (exact) mass is 299 g/mol. The third-order valence-electron chi connectivity index (χ3n) is 3.30. The summed E-state index contributed by atoms with van der Waals surface area (Å²) in [4.78, 5) is 16.4. The lowest BCUT2D eigenvalue weighted by molar-refractivity contribution is 0.0697. The molecule has 0 unspecified atom stereocenters. The fourth-order valence-electron chi connectivity index (χ4n) is 1.96. The number of hydrogen-bond donors (Lipinski definition) is 1. The third-order valence-corrected chi connectivity index (χ3v) is 4.14. The van der Waals surface area contributed by atoms with Crippen LogP contribution in [0.25, 0.3) is 11.1 Å². The van der Waals surface area contributed by atoms with E-state index >= 15 is 0 Å². The number of benzene rings is 2. The summed E-state index contributed by atoms with van der Waals surface area (Å²) in [6.07, 6.45) is 0. The molecule has 106 valence electrons. The molecule has 0 amide bonds. The summed E-state index contributed by atoms with van der Waals surface area (Å²) in [5.74, 6) is -0.975. The standard InChI is InChI=1S/C16H13NO3S/c1-9-3-5-12(7-10(9)2)21-16-17-13-6-4-11(15(18)19)8-14(13)20-16/h3-8H,1-2H3,(H,18,19). The molecule has 1 N–H and O–H groups in total. The van der Waals surface area contributed by atoms with Crippen molar-refractivity contribution in [1.29, 1.82) is 0 Å². The lowest BCUT2D eigenvalue weighted by Gasteiger charge is -2.01.